The summed E-state index contributed by atoms with van der Waals surface area (Å²) in [5.74, 6) is 6.45. The molecule has 0 aliphatic heterocycles. The maximum absolute atomic E-state index is 12.4. The summed E-state index contributed by atoms with van der Waals surface area (Å²) in [6.07, 6.45) is 4.61. The van der Waals surface area contributed by atoms with Crippen molar-refractivity contribution in [3.8, 4) is 11.8 Å². The van der Waals surface area contributed by atoms with Gasteiger partial charge in [0.2, 0.25) is 0 Å². The number of nitrogens with two attached hydrogens (primary N) is 1. The molecule has 3 heteroatoms. The highest BCUT2D eigenvalue weighted by atomic mass is 16.1. The highest BCUT2D eigenvalue weighted by Gasteiger charge is 2.21. The monoisotopic (exact) mass is 270 g/mol. The molecule has 1 aliphatic carbocycles. The highest BCUT2D eigenvalue weighted by Crippen LogP contribution is 2.23. The second-order valence-electron chi connectivity index (χ2n) is 5.49. The van der Waals surface area contributed by atoms with Crippen LogP contribution in [0.1, 0.15) is 48.5 Å². The third-order valence-corrected chi connectivity index (χ3v) is 3.77. The van der Waals surface area contributed by atoms with Crippen molar-refractivity contribution < 1.29 is 4.79 Å². The zero-order chi connectivity index (χ0) is 14.4. The Morgan fingerprint density at radius 1 is 1.40 bits per heavy atom. The van der Waals surface area contributed by atoms with Gasteiger partial charge in [0.25, 0.3) is 5.91 Å². The zero-order valence-electron chi connectivity index (χ0n) is 12.0. The Morgan fingerprint density at radius 2 is 2.20 bits per heavy atom. The summed E-state index contributed by atoms with van der Waals surface area (Å²) in [7, 11) is 0. The van der Waals surface area contributed by atoms with Gasteiger partial charge in [-0.25, -0.2) is 0 Å². The first-order chi connectivity index (χ1) is 9.70. The van der Waals surface area contributed by atoms with Gasteiger partial charge >= 0.3 is 0 Å². The first-order valence-electron chi connectivity index (χ1n) is 7.29. The molecule has 2 atom stereocenters. The van der Waals surface area contributed by atoms with Gasteiger partial charge in [-0.3, -0.25) is 4.79 Å². The third-order valence-electron chi connectivity index (χ3n) is 3.77. The van der Waals surface area contributed by atoms with Crippen LogP contribution in [0.3, 0.4) is 0 Å². The predicted octanol–water partition coefficient (Wildman–Crippen LogP) is 2.31. The molecule has 3 N–H and O–H groups in total. The smallest absolute Gasteiger partial charge is 0.252 e. The second kappa shape index (κ2) is 7.12. The molecule has 2 unspecified atom stereocenters. The molecule has 1 aromatic rings. The fraction of sp³-hybridized carbons (Fsp3) is 0.471. The maximum atomic E-state index is 12.4. The van der Waals surface area contributed by atoms with E-state index in [0.717, 1.165) is 18.4 Å². The number of hydrogen-bond acceptors (Lipinski definition) is 2. The molecule has 1 aromatic carbocycles. The topological polar surface area (TPSA) is 55.1 Å². The molecule has 1 amide bonds. The summed E-state index contributed by atoms with van der Waals surface area (Å²) < 4.78 is 0. The van der Waals surface area contributed by atoms with Crippen LogP contribution in [0.2, 0.25) is 0 Å². The molecule has 20 heavy (non-hydrogen) atoms. The van der Waals surface area contributed by atoms with Gasteiger partial charge in [-0.15, -0.1) is 0 Å². The van der Waals surface area contributed by atoms with Gasteiger partial charge < -0.3 is 11.1 Å². The molecule has 1 saturated carbocycles. The zero-order valence-corrected chi connectivity index (χ0v) is 12.0. The standard InChI is InChI=1S/C17H22N2O/c1-13-6-4-9-15(12-13)19-17(20)16-10-3-2-7-14(16)8-5-11-18/h2-3,7,10,13,15H,4,6,9,11-12,18H2,1H3,(H,19,20). The molecule has 0 radical (unpaired) electrons. The first kappa shape index (κ1) is 14.6. The molecule has 1 aliphatic rings. The molecule has 1 fully saturated rings. The SMILES string of the molecule is CC1CCCC(NC(=O)c2ccccc2C#CCN)C1. The molecule has 2 rings (SSSR count). The van der Waals surface area contributed by atoms with Gasteiger partial charge in [-0.2, -0.15) is 0 Å². The van der Waals surface area contributed by atoms with Crippen LogP contribution in [-0.2, 0) is 0 Å². The molecular weight excluding hydrogens is 248 g/mol. The number of hydrogen-bond donors (Lipinski definition) is 2. The molecule has 0 spiro atoms. The molecule has 0 saturated heterocycles. The van der Waals surface area contributed by atoms with Gasteiger partial charge in [0, 0.05) is 11.6 Å². The van der Waals surface area contributed by atoms with Gasteiger partial charge in [0.15, 0.2) is 0 Å². The van der Waals surface area contributed by atoms with E-state index in [1.165, 1.54) is 12.8 Å². The number of rotatable bonds is 2. The first-order valence-corrected chi connectivity index (χ1v) is 7.29. The lowest BCUT2D eigenvalue weighted by Crippen LogP contribution is -2.38. The van der Waals surface area contributed by atoms with Crippen LogP contribution in [0.4, 0.5) is 0 Å². The van der Waals surface area contributed by atoms with Crippen molar-refractivity contribution >= 4 is 5.91 Å². The van der Waals surface area contributed by atoms with Gasteiger partial charge in [0.1, 0.15) is 0 Å². The minimum atomic E-state index is -0.0222. The molecular formula is C17H22N2O. The van der Waals surface area contributed by atoms with E-state index >= 15 is 0 Å². The predicted molar refractivity (Wildman–Crippen MR) is 81.3 cm³/mol. The molecule has 0 bridgehead atoms. The van der Waals surface area contributed by atoms with E-state index in [1.54, 1.807) is 0 Å². The summed E-state index contributed by atoms with van der Waals surface area (Å²) in [6, 6.07) is 7.73. The largest absolute Gasteiger partial charge is 0.349 e. The molecule has 0 heterocycles. The lowest BCUT2D eigenvalue weighted by atomic mass is 9.87. The fourth-order valence-corrected chi connectivity index (χ4v) is 2.76. The summed E-state index contributed by atoms with van der Waals surface area (Å²) >= 11 is 0. The molecule has 0 aromatic heterocycles. The summed E-state index contributed by atoms with van der Waals surface area (Å²) in [5, 5.41) is 3.14. The number of carbonyl (C=O) groups excluding carboxylic acids is 1. The maximum Gasteiger partial charge on any atom is 0.252 e. The third kappa shape index (κ3) is 3.85. The van der Waals surface area contributed by atoms with Gasteiger partial charge in [0.05, 0.1) is 12.1 Å². The average Bonchev–Trinajstić information content (AvgIpc) is 2.45. The van der Waals surface area contributed by atoms with Crippen molar-refractivity contribution in [2.24, 2.45) is 11.7 Å². The Bertz CT molecular complexity index is 527. The van der Waals surface area contributed by atoms with E-state index in [4.69, 9.17) is 5.73 Å². The Morgan fingerprint density at radius 3 is 2.95 bits per heavy atom. The van der Waals surface area contributed by atoms with Crippen molar-refractivity contribution in [3.63, 3.8) is 0 Å². The number of carbonyl (C=O) groups is 1. The van der Waals surface area contributed by atoms with E-state index in [2.05, 4.69) is 24.1 Å². The summed E-state index contributed by atoms with van der Waals surface area (Å²) in [5.41, 5.74) is 6.79. The van der Waals surface area contributed by atoms with E-state index < -0.39 is 0 Å². The summed E-state index contributed by atoms with van der Waals surface area (Å²) in [4.78, 5) is 12.4. The minimum Gasteiger partial charge on any atom is -0.349 e. The lowest BCUT2D eigenvalue weighted by Gasteiger charge is -2.27. The van der Waals surface area contributed by atoms with Crippen LogP contribution < -0.4 is 11.1 Å². The van der Waals surface area contributed by atoms with Crippen molar-refractivity contribution in [1.29, 1.82) is 0 Å². The van der Waals surface area contributed by atoms with Crippen LogP contribution >= 0.6 is 0 Å². The van der Waals surface area contributed by atoms with Crippen LogP contribution in [-0.4, -0.2) is 18.5 Å². The Hall–Kier alpha value is -1.79. The minimum absolute atomic E-state index is 0.0222. The van der Waals surface area contributed by atoms with E-state index in [-0.39, 0.29) is 5.91 Å². The summed E-state index contributed by atoms with van der Waals surface area (Å²) in [6.45, 7) is 2.55. The Labute approximate surface area is 120 Å². The normalized spacial score (nSPS) is 21.7. The second-order valence-corrected chi connectivity index (χ2v) is 5.49. The van der Waals surface area contributed by atoms with Crippen molar-refractivity contribution in [2.75, 3.05) is 6.54 Å². The molecule has 106 valence electrons. The Balaban J connectivity index is 2.09. The van der Waals surface area contributed by atoms with Crippen LogP contribution in [0.5, 0.6) is 0 Å². The van der Waals surface area contributed by atoms with Crippen molar-refractivity contribution in [1.82, 2.24) is 5.32 Å². The number of amides is 1. The van der Waals surface area contributed by atoms with Crippen LogP contribution in [0, 0.1) is 17.8 Å². The fourth-order valence-electron chi connectivity index (χ4n) is 2.76. The average molecular weight is 270 g/mol. The van der Waals surface area contributed by atoms with Crippen molar-refractivity contribution in [3.05, 3.63) is 35.4 Å². The van der Waals surface area contributed by atoms with Gasteiger partial charge in [-0.1, -0.05) is 43.7 Å². The Kier molecular flexibility index (Phi) is 5.20. The quantitative estimate of drug-likeness (QED) is 0.810. The van der Waals surface area contributed by atoms with Crippen LogP contribution in [0.15, 0.2) is 24.3 Å². The number of benzene rings is 1. The number of nitrogens with one attached hydrogen (secondary N) is 1. The van der Waals surface area contributed by atoms with Crippen molar-refractivity contribution in [2.45, 2.75) is 38.6 Å². The lowest BCUT2D eigenvalue weighted by molar-refractivity contribution is 0.0921. The van der Waals surface area contributed by atoms with E-state index in [0.29, 0.717) is 24.1 Å². The molecule has 3 nitrogen and oxygen atoms in total. The van der Waals surface area contributed by atoms with Crippen LogP contribution in [0.25, 0.3) is 0 Å². The van der Waals surface area contributed by atoms with E-state index in [9.17, 15) is 4.79 Å². The van der Waals surface area contributed by atoms with Gasteiger partial charge in [-0.05, 0) is 30.9 Å². The highest BCUT2D eigenvalue weighted by molar-refractivity contribution is 5.96. The van der Waals surface area contributed by atoms with E-state index in [1.807, 2.05) is 24.3 Å².